The topological polar surface area (TPSA) is 149 Å². The molecule has 0 aliphatic carbocycles. The molecule has 0 saturated carbocycles. The number of benzene rings is 3. The molecule has 3 aromatic carbocycles. The third kappa shape index (κ3) is 5.00. The largest absolute Gasteiger partial charge is 0.478 e. The second kappa shape index (κ2) is 9.53. The fraction of sp³-hybridized carbons (Fsp3) is 0.0833. The van der Waals surface area contributed by atoms with Crippen molar-refractivity contribution in [2.75, 3.05) is 0 Å². The van der Waals surface area contributed by atoms with Gasteiger partial charge in [0.05, 0.1) is 33.4 Å². The maximum atomic E-state index is 13.3. The van der Waals surface area contributed by atoms with Crippen LogP contribution >= 0.6 is 0 Å². The second-order valence-corrected chi connectivity index (χ2v) is 7.63. The van der Waals surface area contributed by atoms with E-state index in [1.807, 2.05) is 0 Å². The minimum Gasteiger partial charge on any atom is -0.478 e. The lowest BCUT2D eigenvalue weighted by atomic mass is 9.80. The summed E-state index contributed by atoms with van der Waals surface area (Å²) in [5.74, 6) is -8.77. The minimum absolute atomic E-state index is 0.287. The van der Waals surface area contributed by atoms with Crippen LogP contribution in [0.15, 0.2) is 48.5 Å². The lowest BCUT2D eigenvalue weighted by molar-refractivity contribution is -0.138. The maximum absolute atomic E-state index is 13.3. The van der Waals surface area contributed by atoms with Gasteiger partial charge in [0.15, 0.2) is 0 Å². The van der Waals surface area contributed by atoms with Gasteiger partial charge < -0.3 is 20.4 Å². The summed E-state index contributed by atoms with van der Waals surface area (Å²) < 4.78 is 79.9. The van der Waals surface area contributed by atoms with Gasteiger partial charge >= 0.3 is 36.2 Å². The molecule has 0 saturated heterocycles. The van der Waals surface area contributed by atoms with E-state index in [-0.39, 0.29) is 12.1 Å². The van der Waals surface area contributed by atoms with Crippen LogP contribution in [0.2, 0.25) is 0 Å². The van der Waals surface area contributed by atoms with E-state index < -0.39 is 91.9 Å². The number of rotatable bonds is 6. The first-order valence-electron chi connectivity index (χ1n) is 9.99. The fourth-order valence-electron chi connectivity index (χ4n) is 3.88. The molecule has 3 rings (SSSR count). The third-order valence-electron chi connectivity index (χ3n) is 5.31. The van der Waals surface area contributed by atoms with Crippen LogP contribution in [0.25, 0.3) is 22.3 Å². The van der Waals surface area contributed by atoms with Crippen molar-refractivity contribution < 1.29 is 65.9 Å². The highest BCUT2D eigenvalue weighted by molar-refractivity contribution is 6.21. The van der Waals surface area contributed by atoms with E-state index in [0.29, 0.717) is 12.1 Å². The minimum atomic E-state index is -5.02. The second-order valence-electron chi connectivity index (χ2n) is 7.63. The van der Waals surface area contributed by atoms with Gasteiger partial charge in [-0.3, -0.25) is 0 Å². The van der Waals surface area contributed by atoms with Gasteiger partial charge in [-0.15, -0.1) is 0 Å². The van der Waals surface area contributed by atoms with Crippen molar-refractivity contribution in [3.8, 4) is 22.3 Å². The van der Waals surface area contributed by atoms with Crippen LogP contribution in [-0.2, 0) is 12.4 Å². The summed E-state index contributed by atoms with van der Waals surface area (Å²) in [6.45, 7) is 0. The number of aromatic carboxylic acids is 4. The average Bonchev–Trinajstić information content (AvgIpc) is 2.80. The zero-order valence-corrected chi connectivity index (χ0v) is 18.3. The molecule has 0 heterocycles. The summed E-state index contributed by atoms with van der Waals surface area (Å²) in [6.07, 6.45) is -10.0. The van der Waals surface area contributed by atoms with Gasteiger partial charge in [-0.25, -0.2) is 19.2 Å². The van der Waals surface area contributed by atoms with Gasteiger partial charge in [0, 0.05) is 11.1 Å². The summed E-state index contributed by atoms with van der Waals surface area (Å²) in [5.41, 5.74) is -12.6. The molecule has 3 aromatic rings. The van der Waals surface area contributed by atoms with Gasteiger partial charge in [0.25, 0.3) is 0 Å². The van der Waals surface area contributed by atoms with E-state index >= 15 is 0 Å². The highest BCUT2D eigenvalue weighted by Crippen LogP contribution is 2.43. The molecule has 0 amide bonds. The number of hydrogen-bond donors (Lipinski definition) is 4. The Kier molecular flexibility index (Phi) is 6.95. The summed E-state index contributed by atoms with van der Waals surface area (Å²) in [4.78, 5) is 49.0. The molecule has 0 atom stereocenters. The van der Waals surface area contributed by atoms with Crippen molar-refractivity contribution in [2.24, 2.45) is 0 Å². The Hall–Kier alpha value is -4.88. The number of hydrogen-bond acceptors (Lipinski definition) is 4. The Bertz CT molecular complexity index is 1340. The fourth-order valence-corrected chi connectivity index (χ4v) is 3.88. The van der Waals surface area contributed by atoms with Crippen LogP contribution in [0.5, 0.6) is 0 Å². The van der Waals surface area contributed by atoms with Crippen LogP contribution in [-0.4, -0.2) is 44.3 Å². The average molecular weight is 542 g/mol. The maximum Gasteiger partial charge on any atom is 0.416 e. The zero-order chi connectivity index (χ0) is 28.7. The van der Waals surface area contributed by atoms with E-state index in [1.54, 1.807) is 0 Å². The Morgan fingerprint density at radius 2 is 0.763 bits per heavy atom. The van der Waals surface area contributed by atoms with E-state index in [0.717, 1.165) is 24.3 Å². The van der Waals surface area contributed by atoms with Crippen LogP contribution in [0.4, 0.5) is 26.3 Å². The number of carbonyl (C=O) groups is 4. The van der Waals surface area contributed by atoms with Crippen LogP contribution in [0.3, 0.4) is 0 Å². The molecule has 4 N–H and O–H groups in total. The quantitative estimate of drug-likeness (QED) is 0.284. The number of halogens is 6. The molecular weight excluding hydrogens is 530 g/mol. The molecule has 0 radical (unpaired) electrons. The van der Waals surface area contributed by atoms with Crippen molar-refractivity contribution in [3.05, 3.63) is 81.9 Å². The molecular formula is C24H12F6O8. The SMILES string of the molecule is O=C(O)c1c(C(=O)O)c(-c2cccc(C(F)(F)F)c2)c(C(=O)O)c(C(=O)O)c1-c1cccc(C(F)(F)F)c1. The van der Waals surface area contributed by atoms with Gasteiger partial charge in [-0.05, 0) is 35.4 Å². The first-order chi connectivity index (χ1) is 17.5. The smallest absolute Gasteiger partial charge is 0.416 e. The third-order valence-corrected chi connectivity index (χ3v) is 5.31. The van der Waals surface area contributed by atoms with Gasteiger partial charge in [-0.2, -0.15) is 26.3 Å². The Morgan fingerprint density at radius 3 is 0.974 bits per heavy atom. The summed E-state index contributed by atoms with van der Waals surface area (Å²) in [7, 11) is 0. The Morgan fingerprint density at radius 1 is 0.500 bits per heavy atom. The van der Waals surface area contributed by atoms with E-state index in [9.17, 15) is 65.9 Å². The normalized spacial score (nSPS) is 11.7. The lowest BCUT2D eigenvalue weighted by Crippen LogP contribution is -2.21. The molecule has 0 fully saturated rings. The predicted octanol–water partition coefficient (Wildman–Crippen LogP) is 5.85. The number of carboxylic acid groups (broad SMARTS) is 4. The number of alkyl halides is 6. The van der Waals surface area contributed by atoms with Crippen LogP contribution < -0.4 is 0 Å². The van der Waals surface area contributed by atoms with Crippen LogP contribution in [0.1, 0.15) is 52.6 Å². The van der Waals surface area contributed by atoms with E-state index in [4.69, 9.17) is 0 Å². The summed E-state index contributed by atoms with van der Waals surface area (Å²) in [6, 6.07) is 4.74. The summed E-state index contributed by atoms with van der Waals surface area (Å²) in [5, 5.41) is 39.5. The highest BCUT2D eigenvalue weighted by Gasteiger charge is 2.39. The first kappa shape index (κ1) is 27.7. The van der Waals surface area contributed by atoms with Crippen molar-refractivity contribution in [2.45, 2.75) is 12.4 Å². The molecule has 38 heavy (non-hydrogen) atoms. The first-order valence-corrected chi connectivity index (χ1v) is 9.99. The molecule has 0 aliphatic heterocycles. The van der Waals surface area contributed by atoms with Crippen LogP contribution in [0, 0.1) is 0 Å². The molecule has 0 bridgehead atoms. The van der Waals surface area contributed by atoms with E-state index in [2.05, 4.69) is 0 Å². The molecule has 0 spiro atoms. The molecule has 0 aliphatic rings. The van der Waals surface area contributed by atoms with Crippen molar-refractivity contribution in [1.82, 2.24) is 0 Å². The monoisotopic (exact) mass is 542 g/mol. The molecule has 198 valence electrons. The molecule has 14 heteroatoms. The zero-order valence-electron chi connectivity index (χ0n) is 18.3. The summed E-state index contributed by atoms with van der Waals surface area (Å²) >= 11 is 0. The Balaban J connectivity index is 2.69. The highest BCUT2D eigenvalue weighted by atomic mass is 19.4. The van der Waals surface area contributed by atoms with Gasteiger partial charge in [-0.1, -0.05) is 24.3 Å². The standard InChI is InChI=1S/C24H12F6O8/c25-23(26,27)11-5-1-3-9(7-11)13-15(19(31)32)17(21(35)36)14(18(22(37)38)16(13)20(33)34)10-4-2-6-12(8-10)24(28,29)30/h1-8H,(H,31,32)(H,33,34)(H,35,36)(H,37,38). The predicted molar refractivity (Wildman–Crippen MR) is 115 cm³/mol. The molecule has 8 nitrogen and oxygen atoms in total. The molecule has 0 aromatic heterocycles. The van der Waals surface area contributed by atoms with Gasteiger partial charge in [0.1, 0.15) is 0 Å². The van der Waals surface area contributed by atoms with Crippen molar-refractivity contribution >= 4 is 23.9 Å². The van der Waals surface area contributed by atoms with Gasteiger partial charge in [0.2, 0.25) is 0 Å². The van der Waals surface area contributed by atoms with Crippen molar-refractivity contribution in [1.29, 1.82) is 0 Å². The number of carboxylic acids is 4. The lowest BCUT2D eigenvalue weighted by Gasteiger charge is -2.21. The van der Waals surface area contributed by atoms with Crippen molar-refractivity contribution in [3.63, 3.8) is 0 Å². The van der Waals surface area contributed by atoms with E-state index in [1.165, 1.54) is 0 Å². The molecule has 0 unspecified atom stereocenters. The Labute approximate surface area is 207 Å².